The number of benzene rings is 2. The van der Waals surface area contributed by atoms with Crippen molar-refractivity contribution in [3.8, 4) is 0 Å². The zero-order valence-electron chi connectivity index (χ0n) is 19.0. The number of amides is 1. The number of fused-ring (bicyclic) bond motifs is 1. The zero-order chi connectivity index (χ0) is 23.5. The van der Waals surface area contributed by atoms with Crippen LogP contribution in [0.1, 0.15) is 32.8 Å². The van der Waals surface area contributed by atoms with Gasteiger partial charge in [-0.25, -0.2) is 9.97 Å². The average Bonchev–Trinajstić information content (AvgIpc) is 2.79. The minimum absolute atomic E-state index is 0.0119. The van der Waals surface area contributed by atoms with E-state index in [1.165, 1.54) is 6.08 Å². The third kappa shape index (κ3) is 4.60. The first-order valence-electron chi connectivity index (χ1n) is 10.9. The third-order valence-electron chi connectivity index (χ3n) is 5.52. The molecule has 1 amide bonds. The Balaban J connectivity index is 1.62. The van der Waals surface area contributed by atoms with E-state index in [1.807, 2.05) is 75.4 Å². The minimum atomic E-state index is -0.155. The van der Waals surface area contributed by atoms with Crippen LogP contribution in [0.25, 0.3) is 16.5 Å². The number of carbonyl (C=O) groups is 2. The molecule has 1 aliphatic carbocycles. The van der Waals surface area contributed by atoms with E-state index in [9.17, 15) is 9.59 Å². The third-order valence-corrected chi connectivity index (χ3v) is 5.52. The fourth-order valence-electron chi connectivity index (χ4n) is 4.03. The highest BCUT2D eigenvalue weighted by Crippen LogP contribution is 2.29. The number of hydrogen-bond donors (Lipinski definition) is 1. The van der Waals surface area contributed by atoms with Crippen LogP contribution in [0.3, 0.4) is 0 Å². The SMILES string of the molecule is C=CC(=O)N(c1cccc(Nc2ncc3cc(C4=C(C)C=CCC4=O)ccc3n2)c1)C(C)C. The normalized spacial score (nSPS) is 13.5. The summed E-state index contributed by atoms with van der Waals surface area (Å²) in [6.45, 7) is 9.46. The molecular formula is C27H26N4O2. The summed E-state index contributed by atoms with van der Waals surface area (Å²) in [6.07, 6.45) is 7.37. The van der Waals surface area contributed by atoms with Crippen LogP contribution < -0.4 is 10.2 Å². The van der Waals surface area contributed by atoms with E-state index in [4.69, 9.17) is 0 Å². The molecule has 0 bridgehead atoms. The molecule has 0 aliphatic heterocycles. The minimum Gasteiger partial charge on any atom is -0.324 e. The Hall–Kier alpha value is -4.06. The van der Waals surface area contributed by atoms with Crippen LogP contribution in [0.4, 0.5) is 17.3 Å². The van der Waals surface area contributed by atoms with Gasteiger partial charge in [0, 0.05) is 41.0 Å². The van der Waals surface area contributed by atoms with Gasteiger partial charge in [-0.2, -0.15) is 0 Å². The summed E-state index contributed by atoms with van der Waals surface area (Å²) in [5, 5.41) is 4.08. The Morgan fingerprint density at radius 3 is 2.76 bits per heavy atom. The fourth-order valence-corrected chi connectivity index (χ4v) is 4.03. The highest BCUT2D eigenvalue weighted by Gasteiger charge is 2.18. The second-order valence-corrected chi connectivity index (χ2v) is 8.24. The first kappa shape index (κ1) is 22.1. The monoisotopic (exact) mass is 438 g/mol. The summed E-state index contributed by atoms with van der Waals surface area (Å²) in [4.78, 5) is 35.4. The molecular weight excluding hydrogens is 412 g/mol. The van der Waals surface area contributed by atoms with Gasteiger partial charge in [-0.05, 0) is 68.3 Å². The van der Waals surface area contributed by atoms with Crippen LogP contribution in [0.15, 0.2) is 79.0 Å². The zero-order valence-corrected chi connectivity index (χ0v) is 19.0. The molecule has 0 atom stereocenters. The summed E-state index contributed by atoms with van der Waals surface area (Å²) < 4.78 is 0. The van der Waals surface area contributed by atoms with E-state index in [0.717, 1.165) is 39.0 Å². The Morgan fingerprint density at radius 2 is 2.03 bits per heavy atom. The topological polar surface area (TPSA) is 75.2 Å². The maximum absolute atomic E-state index is 12.4. The van der Waals surface area contributed by atoms with Gasteiger partial charge in [-0.15, -0.1) is 0 Å². The predicted molar refractivity (Wildman–Crippen MR) is 133 cm³/mol. The molecule has 6 heteroatoms. The molecule has 0 saturated carbocycles. The number of rotatable bonds is 6. The number of aromatic nitrogens is 2. The molecule has 0 spiro atoms. The smallest absolute Gasteiger partial charge is 0.250 e. The molecule has 33 heavy (non-hydrogen) atoms. The molecule has 0 saturated heterocycles. The van der Waals surface area contributed by atoms with Crippen LogP contribution >= 0.6 is 0 Å². The van der Waals surface area contributed by atoms with Crippen LogP contribution in [0, 0.1) is 0 Å². The Labute approximate surface area is 193 Å². The van der Waals surface area contributed by atoms with Gasteiger partial charge in [0.25, 0.3) is 5.91 Å². The van der Waals surface area contributed by atoms with E-state index in [2.05, 4.69) is 21.9 Å². The van der Waals surface area contributed by atoms with Crippen molar-refractivity contribution < 1.29 is 9.59 Å². The second kappa shape index (κ2) is 9.20. The van der Waals surface area contributed by atoms with Gasteiger partial charge in [0.2, 0.25) is 5.95 Å². The van der Waals surface area contributed by atoms with E-state index in [0.29, 0.717) is 12.4 Å². The Bertz CT molecular complexity index is 1320. The molecule has 0 radical (unpaired) electrons. The number of anilines is 3. The number of nitrogens with zero attached hydrogens (tertiary/aromatic N) is 3. The summed E-state index contributed by atoms with van der Waals surface area (Å²) in [6, 6.07) is 13.3. The maximum atomic E-state index is 12.4. The van der Waals surface area contributed by atoms with Crippen LogP contribution in [-0.2, 0) is 9.59 Å². The Kier molecular flexibility index (Phi) is 6.18. The predicted octanol–water partition coefficient (Wildman–Crippen LogP) is 5.60. The Morgan fingerprint density at radius 1 is 1.21 bits per heavy atom. The van der Waals surface area contributed by atoms with Crippen molar-refractivity contribution in [3.63, 3.8) is 0 Å². The second-order valence-electron chi connectivity index (χ2n) is 8.24. The van der Waals surface area contributed by atoms with Gasteiger partial charge in [0.15, 0.2) is 5.78 Å². The number of hydrogen-bond acceptors (Lipinski definition) is 5. The largest absolute Gasteiger partial charge is 0.324 e. The van der Waals surface area contributed by atoms with Crippen molar-refractivity contribution >= 4 is 45.5 Å². The van der Waals surface area contributed by atoms with Crippen molar-refractivity contribution in [2.45, 2.75) is 33.2 Å². The lowest BCUT2D eigenvalue weighted by Gasteiger charge is -2.26. The van der Waals surface area contributed by atoms with E-state index < -0.39 is 0 Å². The lowest BCUT2D eigenvalue weighted by molar-refractivity contribution is -0.114. The number of allylic oxidation sites excluding steroid dienone is 4. The molecule has 6 nitrogen and oxygen atoms in total. The lowest BCUT2D eigenvalue weighted by atomic mass is 9.91. The molecule has 0 fully saturated rings. The van der Waals surface area contributed by atoms with Gasteiger partial charge in [0.05, 0.1) is 5.52 Å². The van der Waals surface area contributed by atoms with Crippen LogP contribution in [-0.4, -0.2) is 27.7 Å². The van der Waals surface area contributed by atoms with E-state index in [1.54, 1.807) is 11.1 Å². The van der Waals surface area contributed by atoms with Crippen LogP contribution in [0.2, 0.25) is 0 Å². The van der Waals surface area contributed by atoms with Gasteiger partial charge >= 0.3 is 0 Å². The maximum Gasteiger partial charge on any atom is 0.250 e. The quantitative estimate of drug-likeness (QED) is 0.507. The van der Waals surface area contributed by atoms with Crippen LogP contribution in [0.5, 0.6) is 0 Å². The average molecular weight is 439 g/mol. The molecule has 1 aromatic heterocycles. The first-order chi connectivity index (χ1) is 15.9. The van der Waals surface area contributed by atoms with Crippen molar-refractivity contribution in [3.05, 3.63) is 84.6 Å². The molecule has 1 heterocycles. The summed E-state index contributed by atoms with van der Waals surface area (Å²) in [5.74, 6) is 0.418. The fraction of sp³-hybridized carbons (Fsp3) is 0.185. The van der Waals surface area contributed by atoms with Crippen molar-refractivity contribution in [1.29, 1.82) is 0 Å². The molecule has 0 unspecified atom stereocenters. The van der Waals surface area contributed by atoms with E-state index >= 15 is 0 Å². The lowest BCUT2D eigenvalue weighted by Crippen LogP contribution is -2.35. The summed E-state index contributed by atoms with van der Waals surface area (Å²) in [5.41, 5.74) is 4.91. The standard InChI is InChI=1S/C27H26N4O2/c1-5-25(33)31(17(2)3)22-10-7-9-21(15-22)29-27-28-16-20-14-19(12-13-23(20)30-27)26-18(4)8-6-11-24(26)32/h5-10,12-17H,1,11H2,2-4H3,(H,28,29,30). The van der Waals surface area contributed by atoms with Gasteiger partial charge in [0.1, 0.15) is 0 Å². The summed E-state index contributed by atoms with van der Waals surface area (Å²) >= 11 is 0. The molecule has 2 aromatic carbocycles. The van der Waals surface area contributed by atoms with E-state index in [-0.39, 0.29) is 17.7 Å². The highest BCUT2D eigenvalue weighted by atomic mass is 16.2. The number of ketones is 1. The first-order valence-corrected chi connectivity index (χ1v) is 10.9. The number of carbonyl (C=O) groups excluding carboxylic acids is 2. The van der Waals surface area contributed by atoms with Gasteiger partial charge in [-0.1, -0.05) is 30.9 Å². The number of nitrogens with one attached hydrogen (secondary N) is 1. The number of Topliss-reactive ketones (excluding diaryl/α,β-unsaturated/α-hetero) is 1. The molecule has 166 valence electrons. The van der Waals surface area contributed by atoms with Gasteiger partial charge in [-0.3, -0.25) is 9.59 Å². The molecule has 1 N–H and O–H groups in total. The molecule has 4 rings (SSSR count). The summed E-state index contributed by atoms with van der Waals surface area (Å²) in [7, 11) is 0. The van der Waals surface area contributed by atoms with Crippen molar-refractivity contribution in [1.82, 2.24) is 9.97 Å². The van der Waals surface area contributed by atoms with Crippen molar-refractivity contribution in [2.75, 3.05) is 10.2 Å². The molecule has 1 aliphatic rings. The van der Waals surface area contributed by atoms with Gasteiger partial charge < -0.3 is 10.2 Å². The molecule has 3 aromatic rings. The highest BCUT2D eigenvalue weighted by molar-refractivity contribution is 6.23. The van der Waals surface area contributed by atoms with Crippen molar-refractivity contribution in [2.24, 2.45) is 0 Å².